The number of methoxy groups -OCH3 is 1. The number of nitrogens with one attached hydrogen (secondary N) is 2. The van der Waals surface area contributed by atoms with E-state index in [9.17, 15) is 4.79 Å². The molecule has 0 spiro atoms. The molecule has 1 aromatic rings. The first kappa shape index (κ1) is 16.8. The summed E-state index contributed by atoms with van der Waals surface area (Å²) in [4.78, 5) is 16.5. The van der Waals surface area contributed by atoms with Crippen molar-refractivity contribution in [3.63, 3.8) is 0 Å². The van der Waals surface area contributed by atoms with Crippen LogP contribution in [0.5, 0.6) is 0 Å². The predicted molar refractivity (Wildman–Crippen MR) is 86.7 cm³/mol. The Morgan fingerprint density at radius 3 is 3.10 bits per heavy atom. The number of thiazole rings is 1. The summed E-state index contributed by atoms with van der Waals surface area (Å²) in [5, 5.41) is 6.51. The molecule has 1 rings (SSSR count). The van der Waals surface area contributed by atoms with E-state index in [1.807, 2.05) is 6.08 Å². The maximum Gasteiger partial charge on any atom is 0.265 e. The van der Waals surface area contributed by atoms with E-state index in [1.54, 1.807) is 18.9 Å². The molecule has 0 aliphatic carbocycles. The van der Waals surface area contributed by atoms with Crippen LogP contribution < -0.4 is 16.4 Å². The molecule has 112 valence electrons. The summed E-state index contributed by atoms with van der Waals surface area (Å²) in [6.45, 7) is 5.44. The number of carbonyl (C=O) groups is 1. The Kier molecular flexibility index (Phi) is 8.08. The van der Waals surface area contributed by atoms with Gasteiger partial charge in [0, 0.05) is 31.7 Å². The molecule has 0 saturated heterocycles. The van der Waals surface area contributed by atoms with E-state index in [0.29, 0.717) is 29.7 Å². The highest BCUT2D eigenvalue weighted by Crippen LogP contribution is 2.24. The standard InChI is InChI=1S/C12H20N4O2S2/c1-3-7-19-8-5-14-11(17)9-10(13)16-12(20-9)15-4-6-18-2/h3H,1,4-8,13H2,2H3,(H,14,17)(H,15,16). The Morgan fingerprint density at radius 1 is 1.60 bits per heavy atom. The van der Waals surface area contributed by atoms with Crippen LogP contribution in [0.15, 0.2) is 12.7 Å². The van der Waals surface area contributed by atoms with Crippen molar-refractivity contribution in [2.24, 2.45) is 0 Å². The third-order valence-electron chi connectivity index (χ3n) is 2.21. The van der Waals surface area contributed by atoms with Gasteiger partial charge >= 0.3 is 0 Å². The third kappa shape index (κ3) is 5.81. The van der Waals surface area contributed by atoms with E-state index >= 15 is 0 Å². The minimum atomic E-state index is -0.181. The van der Waals surface area contributed by atoms with Gasteiger partial charge in [-0.15, -0.1) is 6.58 Å². The van der Waals surface area contributed by atoms with Gasteiger partial charge in [-0.2, -0.15) is 11.8 Å². The molecule has 0 atom stereocenters. The number of amides is 1. The lowest BCUT2D eigenvalue weighted by atomic mass is 10.4. The van der Waals surface area contributed by atoms with Crippen molar-refractivity contribution in [1.29, 1.82) is 0 Å². The molecule has 0 aliphatic heterocycles. The van der Waals surface area contributed by atoms with Crippen LogP contribution >= 0.6 is 23.1 Å². The highest BCUT2D eigenvalue weighted by Gasteiger charge is 2.15. The van der Waals surface area contributed by atoms with Crippen LogP contribution in [0.4, 0.5) is 10.9 Å². The zero-order valence-electron chi connectivity index (χ0n) is 11.5. The first-order chi connectivity index (χ1) is 9.69. The molecule has 1 aromatic heterocycles. The number of nitrogen functional groups attached to an aromatic ring is 1. The molecule has 1 amide bonds. The Labute approximate surface area is 127 Å². The number of hydrogen-bond donors (Lipinski definition) is 3. The van der Waals surface area contributed by atoms with Crippen LogP contribution in [0.3, 0.4) is 0 Å². The van der Waals surface area contributed by atoms with Crippen molar-refractivity contribution >= 4 is 40.0 Å². The Bertz CT molecular complexity index is 437. The van der Waals surface area contributed by atoms with Gasteiger partial charge in [-0.05, 0) is 0 Å². The molecule has 0 aromatic carbocycles. The normalized spacial score (nSPS) is 10.2. The number of thioether (sulfide) groups is 1. The first-order valence-electron chi connectivity index (χ1n) is 6.15. The van der Waals surface area contributed by atoms with Crippen molar-refractivity contribution in [3.8, 4) is 0 Å². The second-order valence-electron chi connectivity index (χ2n) is 3.77. The van der Waals surface area contributed by atoms with Crippen molar-refractivity contribution < 1.29 is 9.53 Å². The molecular weight excluding hydrogens is 296 g/mol. The van der Waals surface area contributed by atoms with Crippen LogP contribution in [0.1, 0.15) is 9.67 Å². The molecule has 1 heterocycles. The number of anilines is 2. The lowest BCUT2D eigenvalue weighted by Crippen LogP contribution is -2.25. The molecule has 0 radical (unpaired) electrons. The van der Waals surface area contributed by atoms with Gasteiger partial charge in [0.25, 0.3) is 5.91 Å². The van der Waals surface area contributed by atoms with Crippen LogP contribution in [0.25, 0.3) is 0 Å². The smallest absolute Gasteiger partial charge is 0.265 e. The summed E-state index contributed by atoms with van der Waals surface area (Å²) in [5.74, 6) is 1.80. The van der Waals surface area contributed by atoms with Gasteiger partial charge in [-0.3, -0.25) is 4.79 Å². The summed E-state index contributed by atoms with van der Waals surface area (Å²) >= 11 is 2.96. The summed E-state index contributed by atoms with van der Waals surface area (Å²) in [6, 6.07) is 0. The largest absolute Gasteiger partial charge is 0.383 e. The van der Waals surface area contributed by atoms with E-state index in [-0.39, 0.29) is 11.7 Å². The molecule has 20 heavy (non-hydrogen) atoms. The van der Waals surface area contributed by atoms with Gasteiger partial charge < -0.3 is 21.1 Å². The topological polar surface area (TPSA) is 89.3 Å². The summed E-state index contributed by atoms with van der Waals surface area (Å²) < 4.78 is 4.93. The lowest BCUT2D eigenvalue weighted by molar-refractivity contribution is 0.0961. The molecule has 0 bridgehead atoms. The summed E-state index contributed by atoms with van der Waals surface area (Å²) in [7, 11) is 1.63. The average Bonchev–Trinajstić information content (AvgIpc) is 2.80. The number of ether oxygens (including phenoxy) is 1. The highest BCUT2D eigenvalue weighted by molar-refractivity contribution is 7.99. The van der Waals surface area contributed by atoms with E-state index < -0.39 is 0 Å². The van der Waals surface area contributed by atoms with Crippen molar-refractivity contribution in [2.45, 2.75) is 0 Å². The zero-order chi connectivity index (χ0) is 14.8. The fourth-order valence-corrected chi connectivity index (χ4v) is 2.72. The minimum Gasteiger partial charge on any atom is -0.383 e. The van der Waals surface area contributed by atoms with Crippen molar-refractivity contribution in [1.82, 2.24) is 10.3 Å². The fraction of sp³-hybridized carbons (Fsp3) is 0.500. The number of aromatic nitrogens is 1. The highest BCUT2D eigenvalue weighted by atomic mass is 32.2. The molecule has 8 heteroatoms. The van der Waals surface area contributed by atoms with Gasteiger partial charge in [0.2, 0.25) is 0 Å². The van der Waals surface area contributed by atoms with E-state index in [4.69, 9.17) is 10.5 Å². The number of hydrogen-bond acceptors (Lipinski definition) is 7. The fourth-order valence-electron chi connectivity index (χ4n) is 1.31. The quantitative estimate of drug-likeness (QED) is 0.447. The average molecular weight is 316 g/mol. The zero-order valence-corrected chi connectivity index (χ0v) is 13.1. The number of rotatable bonds is 10. The van der Waals surface area contributed by atoms with Crippen LogP contribution in [0.2, 0.25) is 0 Å². The lowest BCUT2D eigenvalue weighted by Gasteiger charge is -2.02. The number of nitrogens with zero attached hydrogens (tertiary/aromatic N) is 1. The Morgan fingerprint density at radius 2 is 2.40 bits per heavy atom. The third-order valence-corrected chi connectivity index (χ3v) is 4.20. The van der Waals surface area contributed by atoms with Crippen LogP contribution in [0, 0.1) is 0 Å². The molecule has 0 fully saturated rings. The van der Waals surface area contributed by atoms with Crippen LogP contribution in [-0.4, -0.2) is 49.2 Å². The van der Waals surface area contributed by atoms with Crippen LogP contribution in [-0.2, 0) is 4.74 Å². The van der Waals surface area contributed by atoms with E-state index in [2.05, 4.69) is 22.2 Å². The van der Waals surface area contributed by atoms with Gasteiger partial charge in [0.05, 0.1) is 6.61 Å². The molecule has 4 N–H and O–H groups in total. The maximum atomic E-state index is 11.9. The number of nitrogens with two attached hydrogens (primary N) is 1. The first-order valence-corrected chi connectivity index (χ1v) is 8.12. The SMILES string of the molecule is C=CCSCCNC(=O)c1sc(NCCOC)nc1N. The summed E-state index contributed by atoms with van der Waals surface area (Å²) in [6.07, 6.45) is 1.84. The molecule has 0 saturated carbocycles. The minimum absolute atomic E-state index is 0.181. The molecule has 0 unspecified atom stereocenters. The number of carbonyl (C=O) groups excluding carboxylic acids is 1. The van der Waals surface area contributed by atoms with E-state index in [0.717, 1.165) is 11.5 Å². The van der Waals surface area contributed by atoms with Gasteiger partial charge in [-0.1, -0.05) is 17.4 Å². The molecular formula is C12H20N4O2S2. The Balaban J connectivity index is 2.40. The van der Waals surface area contributed by atoms with Crippen molar-refractivity contribution in [2.75, 3.05) is 49.4 Å². The predicted octanol–water partition coefficient (Wildman–Crippen LogP) is 1.43. The van der Waals surface area contributed by atoms with Gasteiger partial charge in [0.1, 0.15) is 10.7 Å². The second-order valence-corrected chi connectivity index (χ2v) is 5.92. The monoisotopic (exact) mass is 316 g/mol. The van der Waals surface area contributed by atoms with Crippen molar-refractivity contribution in [3.05, 3.63) is 17.5 Å². The van der Waals surface area contributed by atoms with E-state index in [1.165, 1.54) is 11.3 Å². The summed E-state index contributed by atoms with van der Waals surface area (Å²) in [5.41, 5.74) is 5.75. The van der Waals surface area contributed by atoms with Gasteiger partial charge in [0.15, 0.2) is 5.13 Å². The van der Waals surface area contributed by atoms with Gasteiger partial charge in [-0.25, -0.2) is 4.98 Å². The molecule has 6 nitrogen and oxygen atoms in total. The second kappa shape index (κ2) is 9.62. The Hall–Kier alpha value is -1.25. The molecule has 0 aliphatic rings. The maximum absolute atomic E-state index is 11.9.